The average Bonchev–Trinajstić information content (AvgIpc) is 2.85. The van der Waals surface area contributed by atoms with Crippen LogP contribution in [0.4, 0.5) is 0 Å². The molecule has 0 aromatic heterocycles. The monoisotopic (exact) mass is 220 g/mol. The summed E-state index contributed by atoms with van der Waals surface area (Å²) in [6, 6.07) is 3.03. The quantitative estimate of drug-likeness (QED) is 0.773. The van der Waals surface area contributed by atoms with E-state index in [1.807, 2.05) is 0 Å². The average molecular weight is 220 g/mol. The Morgan fingerprint density at radius 2 is 2.12 bits per heavy atom. The standard InChI is InChI=1S/C14H24N2/c1-14(2,6-3-7-15)10-16-13-9-11-4-5-12(13)8-11/h11-13,16H,3-6,8-10H2,1-2H3. The lowest BCUT2D eigenvalue weighted by Crippen LogP contribution is -2.40. The summed E-state index contributed by atoms with van der Waals surface area (Å²) in [6.45, 7) is 5.61. The number of rotatable bonds is 5. The summed E-state index contributed by atoms with van der Waals surface area (Å²) in [5.41, 5.74) is 0.275. The molecule has 3 unspecified atom stereocenters. The first kappa shape index (κ1) is 11.9. The van der Waals surface area contributed by atoms with Crippen LogP contribution >= 0.6 is 0 Å². The van der Waals surface area contributed by atoms with Crippen molar-refractivity contribution in [3.05, 3.63) is 0 Å². The molecule has 0 aromatic carbocycles. The van der Waals surface area contributed by atoms with E-state index >= 15 is 0 Å². The van der Waals surface area contributed by atoms with Crippen LogP contribution in [0.1, 0.15) is 52.4 Å². The topological polar surface area (TPSA) is 35.8 Å². The molecule has 2 rings (SSSR count). The smallest absolute Gasteiger partial charge is 0.0621 e. The summed E-state index contributed by atoms with van der Waals surface area (Å²) in [6.07, 6.45) is 7.49. The maximum atomic E-state index is 8.62. The van der Waals surface area contributed by atoms with Gasteiger partial charge < -0.3 is 5.32 Å². The van der Waals surface area contributed by atoms with Crippen molar-refractivity contribution in [3.8, 4) is 6.07 Å². The molecule has 0 spiro atoms. The van der Waals surface area contributed by atoms with Crippen LogP contribution < -0.4 is 5.32 Å². The van der Waals surface area contributed by atoms with E-state index in [-0.39, 0.29) is 5.41 Å². The van der Waals surface area contributed by atoms with E-state index < -0.39 is 0 Å². The summed E-state index contributed by atoms with van der Waals surface area (Å²) in [5.74, 6) is 1.97. The molecular weight excluding hydrogens is 196 g/mol. The molecule has 0 amide bonds. The fraction of sp³-hybridized carbons (Fsp3) is 0.929. The number of fused-ring (bicyclic) bond motifs is 2. The Balaban J connectivity index is 1.73. The Labute approximate surface area is 99.4 Å². The molecule has 2 saturated carbocycles. The normalized spacial score (nSPS) is 32.9. The fourth-order valence-corrected chi connectivity index (χ4v) is 3.38. The Morgan fingerprint density at radius 1 is 1.31 bits per heavy atom. The van der Waals surface area contributed by atoms with Crippen LogP contribution in [0.5, 0.6) is 0 Å². The van der Waals surface area contributed by atoms with Crippen LogP contribution in [0.2, 0.25) is 0 Å². The molecule has 2 nitrogen and oxygen atoms in total. The third-order valence-corrected chi connectivity index (χ3v) is 4.49. The molecule has 2 heteroatoms. The first-order chi connectivity index (χ1) is 7.61. The second-order valence-corrected chi connectivity index (χ2v) is 6.48. The molecule has 0 aromatic rings. The minimum Gasteiger partial charge on any atom is -0.313 e. The van der Waals surface area contributed by atoms with Crippen molar-refractivity contribution in [2.75, 3.05) is 6.54 Å². The van der Waals surface area contributed by atoms with Crippen molar-refractivity contribution in [1.82, 2.24) is 5.32 Å². The van der Waals surface area contributed by atoms with E-state index in [1.165, 1.54) is 25.7 Å². The fourth-order valence-electron chi connectivity index (χ4n) is 3.38. The molecule has 90 valence electrons. The van der Waals surface area contributed by atoms with E-state index in [0.29, 0.717) is 6.42 Å². The minimum atomic E-state index is 0.275. The van der Waals surface area contributed by atoms with Crippen LogP contribution in [-0.4, -0.2) is 12.6 Å². The van der Waals surface area contributed by atoms with Crippen LogP contribution in [0, 0.1) is 28.6 Å². The predicted molar refractivity (Wildman–Crippen MR) is 65.9 cm³/mol. The molecule has 0 radical (unpaired) electrons. The van der Waals surface area contributed by atoms with Gasteiger partial charge in [-0.05, 0) is 42.9 Å². The number of hydrogen-bond acceptors (Lipinski definition) is 2. The van der Waals surface area contributed by atoms with Crippen molar-refractivity contribution in [2.24, 2.45) is 17.3 Å². The maximum absolute atomic E-state index is 8.62. The first-order valence-electron chi connectivity index (χ1n) is 6.71. The zero-order valence-corrected chi connectivity index (χ0v) is 10.6. The van der Waals surface area contributed by atoms with Crippen LogP contribution in [0.25, 0.3) is 0 Å². The van der Waals surface area contributed by atoms with Gasteiger partial charge in [0.15, 0.2) is 0 Å². The van der Waals surface area contributed by atoms with Gasteiger partial charge in [0.05, 0.1) is 6.07 Å². The summed E-state index contributed by atoms with van der Waals surface area (Å²) < 4.78 is 0. The molecule has 3 atom stereocenters. The van der Waals surface area contributed by atoms with E-state index in [1.54, 1.807) is 0 Å². The largest absolute Gasteiger partial charge is 0.313 e. The maximum Gasteiger partial charge on any atom is 0.0621 e. The molecule has 2 fully saturated rings. The van der Waals surface area contributed by atoms with Gasteiger partial charge in [-0.25, -0.2) is 0 Å². The zero-order chi connectivity index (χ0) is 11.6. The number of nitrogens with zero attached hydrogens (tertiary/aromatic N) is 1. The summed E-state index contributed by atoms with van der Waals surface area (Å²) >= 11 is 0. The lowest BCUT2D eigenvalue weighted by atomic mass is 9.86. The summed E-state index contributed by atoms with van der Waals surface area (Å²) in [5, 5.41) is 12.4. The van der Waals surface area contributed by atoms with Crippen molar-refractivity contribution in [2.45, 2.75) is 58.4 Å². The van der Waals surface area contributed by atoms with Crippen molar-refractivity contribution < 1.29 is 0 Å². The highest BCUT2D eigenvalue weighted by atomic mass is 14.9. The Hall–Kier alpha value is -0.550. The molecule has 0 heterocycles. The third-order valence-electron chi connectivity index (χ3n) is 4.49. The molecule has 2 bridgehead atoms. The molecular formula is C14H24N2. The van der Waals surface area contributed by atoms with Gasteiger partial charge in [-0.3, -0.25) is 0 Å². The zero-order valence-electron chi connectivity index (χ0n) is 10.6. The molecule has 0 aliphatic heterocycles. The van der Waals surface area contributed by atoms with Gasteiger partial charge in [-0.15, -0.1) is 0 Å². The summed E-state index contributed by atoms with van der Waals surface area (Å²) in [7, 11) is 0. The highest BCUT2D eigenvalue weighted by Crippen LogP contribution is 2.44. The highest BCUT2D eigenvalue weighted by Gasteiger charge is 2.39. The molecule has 0 saturated heterocycles. The predicted octanol–water partition coefficient (Wildman–Crippen LogP) is 3.09. The minimum absolute atomic E-state index is 0.275. The Kier molecular flexibility index (Phi) is 3.54. The molecule has 1 N–H and O–H groups in total. The van der Waals surface area contributed by atoms with Crippen LogP contribution in [0.15, 0.2) is 0 Å². The van der Waals surface area contributed by atoms with Gasteiger partial charge in [-0.1, -0.05) is 20.3 Å². The number of nitriles is 1. The van der Waals surface area contributed by atoms with E-state index in [2.05, 4.69) is 25.2 Å². The van der Waals surface area contributed by atoms with Crippen molar-refractivity contribution in [1.29, 1.82) is 5.26 Å². The van der Waals surface area contributed by atoms with Crippen LogP contribution in [0.3, 0.4) is 0 Å². The Bertz CT molecular complexity index is 277. The lowest BCUT2D eigenvalue weighted by Gasteiger charge is -2.29. The van der Waals surface area contributed by atoms with Crippen LogP contribution in [-0.2, 0) is 0 Å². The number of nitrogens with one attached hydrogen (secondary N) is 1. The summed E-state index contributed by atoms with van der Waals surface area (Å²) in [4.78, 5) is 0. The van der Waals surface area contributed by atoms with Gasteiger partial charge in [0.25, 0.3) is 0 Å². The van der Waals surface area contributed by atoms with Gasteiger partial charge in [0, 0.05) is 19.0 Å². The van der Waals surface area contributed by atoms with Gasteiger partial charge in [0.2, 0.25) is 0 Å². The van der Waals surface area contributed by atoms with Gasteiger partial charge in [0.1, 0.15) is 0 Å². The second-order valence-electron chi connectivity index (χ2n) is 6.48. The van der Waals surface area contributed by atoms with E-state index in [4.69, 9.17) is 5.26 Å². The number of hydrogen-bond donors (Lipinski definition) is 1. The van der Waals surface area contributed by atoms with Gasteiger partial charge >= 0.3 is 0 Å². The van der Waals surface area contributed by atoms with Gasteiger partial charge in [-0.2, -0.15) is 5.26 Å². The highest BCUT2D eigenvalue weighted by molar-refractivity contribution is 4.94. The third kappa shape index (κ3) is 2.77. The SMILES string of the molecule is CC(C)(CCC#N)CNC1CC2CCC1C2. The lowest BCUT2D eigenvalue weighted by molar-refractivity contribution is 0.266. The molecule has 2 aliphatic carbocycles. The van der Waals surface area contributed by atoms with E-state index in [9.17, 15) is 0 Å². The van der Waals surface area contributed by atoms with E-state index in [0.717, 1.165) is 30.8 Å². The second kappa shape index (κ2) is 4.75. The van der Waals surface area contributed by atoms with Crippen molar-refractivity contribution >= 4 is 0 Å². The molecule has 16 heavy (non-hydrogen) atoms. The first-order valence-corrected chi connectivity index (χ1v) is 6.71. The molecule has 2 aliphatic rings. The van der Waals surface area contributed by atoms with Crippen molar-refractivity contribution in [3.63, 3.8) is 0 Å². The Morgan fingerprint density at radius 3 is 2.69 bits per heavy atom.